The number of aromatic nitrogens is 1. The summed E-state index contributed by atoms with van der Waals surface area (Å²) in [4.78, 5) is 4.25. The van der Waals surface area contributed by atoms with Gasteiger partial charge in [0.1, 0.15) is 0 Å². The molecule has 0 aromatic carbocycles. The lowest BCUT2D eigenvalue weighted by Crippen LogP contribution is -2.19. The van der Waals surface area contributed by atoms with Gasteiger partial charge in [0, 0.05) is 11.9 Å². The van der Waals surface area contributed by atoms with Crippen LogP contribution in [0.5, 0.6) is 0 Å². The maximum atomic E-state index is 9.82. The first-order valence-corrected chi connectivity index (χ1v) is 5.92. The van der Waals surface area contributed by atoms with Crippen molar-refractivity contribution in [2.24, 2.45) is 5.92 Å². The van der Waals surface area contributed by atoms with Crippen LogP contribution in [0.2, 0.25) is 0 Å². The first-order valence-electron chi connectivity index (χ1n) is 5.92. The summed E-state index contributed by atoms with van der Waals surface area (Å²) < 4.78 is 0. The minimum Gasteiger partial charge on any atom is -0.393 e. The molecule has 0 bridgehead atoms. The molecule has 2 heteroatoms. The van der Waals surface area contributed by atoms with E-state index in [1.54, 1.807) is 0 Å². The molecule has 0 aliphatic heterocycles. The normalized spacial score (nSPS) is 18.5. The van der Waals surface area contributed by atoms with Gasteiger partial charge in [-0.15, -0.1) is 0 Å². The Morgan fingerprint density at radius 3 is 2.87 bits per heavy atom. The molecule has 1 aromatic heterocycles. The highest BCUT2D eigenvalue weighted by atomic mass is 16.3. The number of aliphatic hydroxyl groups excluding tert-OH is 1. The molecule has 1 N–H and O–H groups in total. The number of aliphatic hydroxyl groups is 1. The standard InChI is InChI=1S/C13H19NO/c15-13(10-11-4-3-5-11)8-7-12-6-1-2-9-14-12/h1-2,6,9,11,13,15H,3-5,7-8,10H2. The zero-order valence-corrected chi connectivity index (χ0v) is 9.10. The maximum Gasteiger partial charge on any atom is 0.0546 e. The molecule has 1 aromatic rings. The molecule has 0 amide bonds. The highest BCUT2D eigenvalue weighted by Gasteiger charge is 2.20. The van der Waals surface area contributed by atoms with E-state index in [2.05, 4.69) is 4.98 Å². The summed E-state index contributed by atoms with van der Waals surface area (Å²) in [5.74, 6) is 0.795. The average molecular weight is 205 g/mol. The lowest BCUT2D eigenvalue weighted by Gasteiger charge is -2.27. The third-order valence-electron chi connectivity index (χ3n) is 3.29. The molecule has 82 valence electrons. The number of rotatable bonds is 5. The van der Waals surface area contributed by atoms with Gasteiger partial charge in [0.15, 0.2) is 0 Å². The summed E-state index contributed by atoms with van der Waals surface area (Å²) in [6.45, 7) is 0. The molecule has 1 heterocycles. The van der Waals surface area contributed by atoms with Gasteiger partial charge in [-0.3, -0.25) is 4.98 Å². The molecule has 15 heavy (non-hydrogen) atoms. The van der Waals surface area contributed by atoms with Crippen molar-refractivity contribution in [3.63, 3.8) is 0 Å². The third kappa shape index (κ3) is 3.31. The molecular weight excluding hydrogens is 186 g/mol. The molecule has 0 saturated heterocycles. The molecule has 1 aliphatic carbocycles. The molecule has 2 rings (SSSR count). The molecule has 0 radical (unpaired) electrons. The van der Waals surface area contributed by atoms with E-state index >= 15 is 0 Å². The Labute approximate surface area is 91.4 Å². The second kappa shape index (κ2) is 5.26. The van der Waals surface area contributed by atoms with E-state index < -0.39 is 0 Å². The molecule has 1 aliphatic rings. The number of pyridine rings is 1. The Morgan fingerprint density at radius 2 is 2.27 bits per heavy atom. The van der Waals surface area contributed by atoms with Crippen LogP contribution in [0.25, 0.3) is 0 Å². The minimum atomic E-state index is -0.127. The number of aryl methyl sites for hydroxylation is 1. The fourth-order valence-corrected chi connectivity index (χ4v) is 2.09. The van der Waals surface area contributed by atoms with Gasteiger partial charge in [-0.25, -0.2) is 0 Å². The van der Waals surface area contributed by atoms with Crippen LogP contribution in [0.15, 0.2) is 24.4 Å². The average Bonchev–Trinajstić information content (AvgIpc) is 2.22. The zero-order valence-electron chi connectivity index (χ0n) is 9.10. The summed E-state index contributed by atoms with van der Waals surface area (Å²) in [5.41, 5.74) is 1.09. The first-order chi connectivity index (χ1) is 7.34. The largest absolute Gasteiger partial charge is 0.393 e. The van der Waals surface area contributed by atoms with E-state index in [4.69, 9.17) is 0 Å². The van der Waals surface area contributed by atoms with Gasteiger partial charge in [-0.05, 0) is 37.3 Å². The number of nitrogens with zero attached hydrogens (tertiary/aromatic N) is 1. The molecule has 1 atom stereocenters. The molecule has 1 fully saturated rings. The summed E-state index contributed by atoms with van der Waals surface area (Å²) in [7, 11) is 0. The highest BCUT2D eigenvalue weighted by Crippen LogP contribution is 2.31. The Kier molecular flexibility index (Phi) is 3.73. The Balaban J connectivity index is 1.68. The van der Waals surface area contributed by atoms with Crippen LogP contribution in [-0.4, -0.2) is 16.2 Å². The van der Waals surface area contributed by atoms with Crippen molar-refractivity contribution in [3.8, 4) is 0 Å². The van der Waals surface area contributed by atoms with Crippen molar-refractivity contribution in [1.29, 1.82) is 0 Å². The zero-order chi connectivity index (χ0) is 10.5. The lowest BCUT2D eigenvalue weighted by atomic mass is 9.81. The number of hydrogen-bond donors (Lipinski definition) is 1. The van der Waals surface area contributed by atoms with Crippen LogP contribution in [-0.2, 0) is 6.42 Å². The summed E-state index contributed by atoms with van der Waals surface area (Å²) in [6, 6.07) is 5.95. The van der Waals surface area contributed by atoms with Crippen LogP contribution < -0.4 is 0 Å². The van der Waals surface area contributed by atoms with Crippen molar-refractivity contribution in [1.82, 2.24) is 4.98 Å². The third-order valence-corrected chi connectivity index (χ3v) is 3.29. The summed E-state index contributed by atoms with van der Waals surface area (Å²) in [6.07, 6.45) is 8.43. The highest BCUT2D eigenvalue weighted by molar-refractivity contribution is 5.03. The molecule has 2 nitrogen and oxygen atoms in total. The van der Waals surface area contributed by atoms with Crippen LogP contribution in [0, 0.1) is 5.92 Å². The quantitative estimate of drug-likeness (QED) is 0.801. The fourth-order valence-electron chi connectivity index (χ4n) is 2.09. The van der Waals surface area contributed by atoms with Crippen molar-refractivity contribution in [2.75, 3.05) is 0 Å². The van der Waals surface area contributed by atoms with Gasteiger partial charge in [-0.2, -0.15) is 0 Å². The van der Waals surface area contributed by atoms with E-state index in [1.807, 2.05) is 24.4 Å². The van der Waals surface area contributed by atoms with Gasteiger partial charge in [0.2, 0.25) is 0 Å². The monoisotopic (exact) mass is 205 g/mol. The Bertz CT molecular complexity index is 282. The molecule has 0 spiro atoms. The predicted octanol–water partition coefficient (Wildman–Crippen LogP) is 2.57. The fraction of sp³-hybridized carbons (Fsp3) is 0.615. The lowest BCUT2D eigenvalue weighted by molar-refractivity contribution is 0.110. The van der Waals surface area contributed by atoms with Crippen molar-refractivity contribution in [2.45, 2.75) is 44.6 Å². The van der Waals surface area contributed by atoms with Gasteiger partial charge in [0.05, 0.1) is 6.10 Å². The Morgan fingerprint density at radius 1 is 1.40 bits per heavy atom. The van der Waals surface area contributed by atoms with Gasteiger partial charge in [-0.1, -0.05) is 25.3 Å². The second-order valence-electron chi connectivity index (χ2n) is 4.55. The smallest absolute Gasteiger partial charge is 0.0546 e. The topological polar surface area (TPSA) is 33.1 Å². The van der Waals surface area contributed by atoms with Gasteiger partial charge >= 0.3 is 0 Å². The van der Waals surface area contributed by atoms with Crippen molar-refractivity contribution >= 4 is 0 Å². The van der Waals surface area contributed by atoms with Crippen LogP contribution >= 0.6 is 0 Å². The van der Waals surface area contributed by atoms with E-state index in [0.717, 1.165) is 30.9 Å². The molecule has 1 unspecified atom stereocenters. The van der Waals surface area contributed by atoms with Gasteiger partial charge < -0.3 is 5.11 Å². The Hall–Kier alpha value is -0.890. The van der Waals surface area contributed by atoms with E-state index in [0.29, 0.717) is 0 Å². The van der Waals surface area contributed by atoms with Crippen molar-refractivity contribution < 1.29 is 5.11 Å². The molecular formula is C13H19NO. The predicted molar refractivity (Wildman–Crippen MR) is 60.5 cm³/mol. The summed E-state index contributed by atoms with van der Waals surface area (Å²) >= 11 is 0. The minimum absolute atomic E-state index is 0.127. The van der Waals surface area contributed by atoms with E-state index in [9.17, 15) is 5.11 Å². The van der Waals surface area contributed by atoms with Crippen LogP contribution in [0.4, 0.5) is 0 Å². The van der Waals surface area contributed by atoms with E-state index in [1.165, 1.54) is 19.3 Å². The van der Waals surface area contributed by atoms with Gasteiger partial charge in [0.25, 0.3) is 0 Å². The van der Waals surface area contributed by atoms with Crippen molar-refractivity contribution in [3.05, 3.63) is 30.1 Å². The molecule has 1 saturated carbocycles. The second-order valence-corrected chi connectivity index (χ2v) is 4.55. The maximum absolute atomic E-state index is 9.82. The number of hydrogen-bond acceptors (Lipinski definition) is 2. The summed E-state index contributed by atoms with van der Waals surface area (Å²) in [5, 5.41) is 9.82. The van der Waals surface area contributed by atoms with Crippen LogP contribution in [0.3, 0.4) is 0 Å². The van der Waals surface area contributed by atoms with E-state index in [-0.39, 0.29) is 6.10 Å². The first kappa shape index (κ1) is 10.6. The van der Waals surface area contributed by atoms with Crippen LogP contribution in [0.1, 0.15) is 37.8 Å². The SMILES string of the molecule is OC(CCc1ccccn1)CC1CCC1.